The molecule has 3 heterocycles. The van der Waals surface area contributed by atoms with Crippen molar-refractivity contribution >= 4 is 28.6 Å². The summed E-state index contributed by atoms with van der Waals surface area (Å²) in [5.41, 5.74) is 0.892. The Morgan fingerprint density at radius 3 is 3.10 bits per heavy atom. The molecular weight excluding hydrogens is 282 g/mol. The number of hydrogen-bond donors (Lipinski definition) is 2. The van der Waals surface area contributed by atoms with Crippen LogP contribution in [0.2, 0.25) is 5.28 Å². The van der Waals surface area contributed by atoms with Gasteiger partial charge in [0.05, 0.1) is 24.6 Å². The van der Waals surface area contributed by atoms with Gasteiger partial charge in [-0.15, -0.1) is 0 Å². The maximum absolute atomic E-state index is 9.39. The number of rotatable bonds is 2. The molecule has 1 atom stereocenters. The molecule has 20 heavy (non-hydrogen) atoms. The summed E-state index contributed by atoms with van der Waals surface area (Å²) in [6, 6.07) is 0. The fourth-order valence-corrected chi connectivity index (χ4v) is 2.73. The zero-order chi connectivity index (χ0) is 14.3. The van der Waals surface area contributed by atoms with E-state index < -0.39 is 0 Å². The van der Waals surface area contributed by atoms with Gasteiger partial charge in [-0.05, 0) is 25.4 Å². The highest BCUT2D eigenvalue weighted by molar-refractivity contribution is 6.28. The number of ether oxygens (including phenoxy) is 1. The Morgan fingerprint density at radius 2 is 2.35 bits per heavy atom. The molecule has 1 aliphatic heterocycles. The zero-order valence-electron chi connectivity index (χ0n) is 11.3. The third-order valence-electron chi connectivity index (χ3n) is 3.22. The van der Waals surface area contributed by atoms with Crippen molar-refractivity contribution in [2.24, 2.45) is 0 Å². The Hall–Kier alpha value is -1.44. The summed E-state index contributed by atoms with van der Waals surface area (Å²) in [5, 5.41) is 9.54. The second-order valence-corrected chi connectivity index (χ2v) is 5.82. The van der Waals surface area contributed by atoms with Crippen LogP contribution in [0.1, 0.15) is 13.8 Å². The molecule has 7 nitrogen and oxygen atoms in total. The monoisotopic (exact) mass is 297 g/mol. The molecule has 1 aliphatic rings. The molecule has 0 radical (unpaired) electrons. The van der Waals surface area contributed by atoms with E-state index in [-0.39, 0.29) is 23.6 Å². The van der Waals surface area contributed by atoms with Crippen LogP contribution < -0.4 is 4.90 Å². The van der Waals surface area contributed by atoms with Gasteiger partial charge in [-0.25, -0.2) is 4.98 Å². The van der Waals surface area contributed by atoms with Gasteiger partial charge < -0.3 is 19.7 Å². The van der Waals surface area contributed by atoms with E-state index in [9.17, 15) is 5.11 Å². The standard InChI is InChI=1S/C12H16ClN5O2/c1-12(2)5-18(3-7(4-19)20-12)10-8-9(15-6-14-8)16-11(13)17-10/h6-7,19H,3-5H2,1-2H3,(H,14,15,16,17). The number of aromatic amines is 1. The minimum atomic E-state index is -0.380. The van der Waals surface area contributed by atoms with Crippen LogP contribution in [0.4, 0.5) is 5.82 Å². The van der Waals surface area contributed by atoms with E-state index in [1.165, 1.54) is 0 Å². The van der Waals surface area contributed by atoms with E-state index in [1.54, 1.807) is 6.33 Å². The molecule has 3 rings (SSSR count). The number of aromatic nitrogens is 4. The van der Waals surface area contributed by atoms with Crippen molar-refractivity contribution < 1.29 is 9.84 Å². The van der Waals surface area contributed by atoms with Gasteiger partial charge in [-0.3, -0.25) is 0 Å². The molecule has 0 saturated carbocycles. The van der Waals surface area contributed by atoms with Crippen molar-refractivity contribution in [3.63, 3.8) is 0 Å². The largest absolute Gasteiger partial charge is 0.394 e. The molecule has 1 unspecified atom stereocenters. The van der Waals surface area contributed by atoms with Gasteiger partial charge in [0.1, 0.15) is 5.52 Å². The highest BCUT2D eigenvalue weighted by Crippen LogP contribution is 2.29. The molecular formula is C12H16ClN5O2. The van der Waals surface area contributed by atoms with E-state index in [2.05, 4.69) is 19.9 Å². The van der Waals surface area contributed by atoms with Crippen LogP contribution in [-0.2, 0) is 4.74 Å². The van der Waals surface area contributed by atoms with Gasteiger partial charge in [-0.1, -0.05) is 0 Å². The molecule has 2 aromatic rings. The first-order valence-electron chi connectivity index (χ1n) is 6.39. The molecule has 1 fully saturated rings. The lowest BCUT2D eigenvalue weighted by Gasteiger charge is -2.42. The second-order valence-electron chi connectivity index (χ2n) is 5.48. The number of H-pyrrole nitrogens is 1. The SMILES string of the molecule is CC1(C)CN(c2nc(Cl)nc3nc[nH]c23)CC(CO)O1. The maximum Gasteiger partial charge on any atom is 0.226 e. The van der Waals surface area contributed by atoms with Crippen molar-refractivity contribution in [1.82, 2.24) is 19.9 Å². The first-order valence-corrected chi connectivity index (χ1v) is 6.76. The van der Waals surface area contributed by atoms with Crippen molar-refractivity contribution in [2.75, 3.05) is 24.6 Å². The van der Waals surface area contributed by atoms with Gasteiger partial charge in [-0.2, -0.15) is 9.97 Å². The van der Waals surface area contributed by atoms with Crippen LogP contribution >= 0.6 is 11.6 Å². The van der Waals surface area contributed by atoms with Crippen molar-refractivity contribution in [3.8, 4) is 0 Å². The van der Waals surface area contributed by atoms with Crippen LogP contribution in [0.3, 0.4) is 0 Å². The Balaban J connectivity index is 2.03. The number of imidazole rings is 1. The summed E-state index contributed by atoms with van der Waals surface area (Å²) in [4.78, 5) is 17.6. The fraction of sp³-hybridized carbons (Fsp3) is 0.583. The normalized spacial score (nSPS) is 22.4. The Kier molecular flexibility index (Phi) is 3.27. The van der Waals surface area contributed by atoms with Crippen molar-refractivity contribution in [2.45, 2.75) is 25.6 Å². The van der Waals surface area contributed by atoms with Gasteiger partial charge in [0, 0.05) is 13.1 Å². The number of hydrogen-bond acceptors (Lipinski definition) is 6. The Labute approximate surface area is 121 Å². The lowest BCUT2D eigenvalue weighted by molar-refractivity contribution is -0.101. The minimum Gasteiger partial charge on any atom is -0.394 e. The van der Waals surface area contributed by atoms with E-state index in [1.807, 2.05) is 18.7 Å². The molecule has 0 aliphatic carbocycles. The molecule has 0 bridgehead atoms. The van der Waals surface area contributed by atoms with Crippen molar-refractivity contribution in [3.05, 3.63) is 11.6 Å². The van der Waals surface area contributed by atoms with E-state index >= 15 is 0 Å². The molecule has 2 N–H and O–H groups in total. The van der Waals surface area contributed by atoms with Gasteiger partial charge >= 0.3 is 0 Å². The van der Waals surface area contributed by atoms with E-state index in [4.69, 9.17) is 16.3 Å². The first-order chi connectivity index (χ1) is 9.48. The molecule has 2 aromatic heterocycles. The van der Waals surface area contributed by atoms with Crippen LogP contribution in [-0.4, -0.2) is 56.4 Å². The third kappa shape index (κ3) is 2.44. The van der Waals surface area contributed by atoms with Crippen LogP contribution in [0, 0.1) is 0 Å². The zero-order valence-corrected chi connectivity index (χ0v) is 12.1. The molecule has 0 spiro atoms. The summed E-state index contributed by atoms with van der Waals surface area (Å²) in [5.74, 6) is 0.687. The van der Waals surface area contributed by atoms with Gasteiger partial charge in [0.25, 0.3) is 0 Å². The third-order valence-corrected chi connectivity index (χ3v) is 3.39. The van der Waals surface area contributed by atoms with Gasteiger partial charge in [0.15, 0.2) is 11.5 Å². The van der Waals surface area contributed by atoms with E-state index in [0.29, 0.717) is 24.6 Å². The highest BCUT2D eigenvalue weighted by Gasteiger charge is 2.34. The lowest BCUT2D eigenvalue weighted by Crippen LogP contribution is -2.54. The topological polar surface area (TPSA) is 87.2 Å². The maximum atomic E-state index is 9.39. The Morgan fingerprint density at radius 1 is 1.55 bits per heavy atom. The second kappa shape index (κ2) is 4.83. The number of halogens is 1. The number of anilines is 1. The van der Waals surface area contributed by atoms with Crippen LogP contribution in [0.5, 0.6) is 0 Å². The number of nitrogens with one attached hydrogen (secondary N) is 1. The highest BCUT2D eigenvalue weighted by atomic mass is 35.5. The summed E-state index contributed by atoms with van der Waals surface area (Å²) in [6.07, 6.45) is 1.30. The number of fused-ring (bicyclic) bond motifs is 1. The average molecular weight is 298 g/mol. The van der Waals surface area contributed by atoms with Crippen molar-refractivity contribution in [1.29, 1.82) is 0 Å². The average Bonchev–Trinajstić information content (AvgIpc) is 2.83. The summed E-state index contributed by atoms with van der Waals surface area (Å²) in [6.45, 7) is 5.11. The number of nitrogens with zero attached hydrogens (tertiary/aromatic N) is 4. The molecule has 0 aromatic carbocycles. The number of aliphatic hydroxyl groups is 1. The smallest absolute Gasteiger partial charge is 0.226 e. The number of aliphatic hydroxyl groups excluding tert-OH is 1. The van der Waals surface area contributed by atoms with Gasteiger partial charge in [0.2, 0.25) is 5.28 Å². The first kappa shape index (κ1) is 13.5. The number of morpholine rings is 1. The minimum absolute atomic E-state index is 0.0368. The Bertz CT molecular complexity index is 629. The quantitative estimate of drug-likeness (QED) is 0.804. The summed E-state index contributed by atoms with van der Waals surface area (Å²) >= 11 is 5.96. The predicted octanol–water partition coefficient (Wildman–Crippen LogP) is 0.982. The molecule has 8 heteroatoms. The summed E-state index contributed by atoms with van der Waals surface area (Å²) in [7, 11) is 0. The lowest BCUT2D eigenvalue weighted by atomic mass is 10.1. The molecule has 0 amide bonds. The van der Waals surface area contributed by atoms with Crippen LogP contribution in [0.15, 0.2) is 6.33 Å². The molecule has 108 valence electrons. The predicted molar refractivity (Wildman–Crippen MR) is 74.9 cm³/mol. The molecule has 1 saturated heterocycles. The fourth-order valence-electron chi connectivity index (χ4n) is 2.57. The summed E-state index contributed by atoms with van der Waals surface area (Å²) < 4.78 is 5.80. The van der Waals surface area contributed by atoms with Crippen LogP contribution in [0.25, 0.3) is 11.2 Å². The van der Waals surface area contributed by atoms with E-state index in [0.717, 1.165) is 5.52 Å².